The van der Waals surface area contributed by atoms with Crippen molar-refractivity contribution in [2.75, 3.05) is 0 Å². The molecule has 0 bridgehead atoms. The SMILES string of the molecule is CC(C)(C)c1cc(CSC2CCCCCCC2SCc2cc(C(C)(C)C)cc(-c3cc(C(F)(F)F)cc(C(F)(F)F)c3)c2O)c(O)c(-c2cc(C(F)(F)F)cc(C(F)(F)F)c2)c1. The number of halogens is 12. The van der Waals surface area contributed by atoms with Gasteiger partial charge in [0.25, 0.3) is 0 Å². The van der Waals surface area contributed by atoms with Crippen molar-refractivity contribution in [2.24, 2.45) is 0 Å². The quantitative estimate of drug-likeness (QED) is 0.173. The molecule has 0 amide bonds. The molecule has 1 aliphatic rings. The van der Waals surface area contributed by atoms with Gasteiger partial charge in [-0.1, -0.05) is 79.4 Å². The molecule has 1 saturated carbocycles. The van der Waals surface area contributed by atoms with Crippen LogP contribution in [0.25, 0.3) is 22.3 Å². The fourth-order valence-electron chi connectivity index (χ4n) is 7.33. The van der Waals surface area contributed by atoms with Crippen molar-refractivity contribution < 1.29 is 62.9 Å². The average Bonchev–Trinajstić information content (AvgIpc) is 3.12. The monoisotopic (exact) mass is 924 g/mol. The first-order valence-corrected chi connectivity index (χ1v) is 22.0. The lowest BCUT2D eigenvalue weighted by atomic mass is 9.83. The van der Waals surface area contributed by atoms with E-state index in [1.807, 2.05) is 41.5 Å². The van der Waals surface area contributed by atoms with Gasteiger partial charge in [-0.25, -0.2) is 0 Å². The maximum atomic E-state index is 13.9. The predicted molar refractivity (Wildman–Crippen MR) is 222 cm³/mol. The van der Waals surface area contributed by atoms with Crippen LogP contribution in [0, 0.1) is 0 Å². The zero-order valence-corrected chi connectivity index (χ0v) is 36.5. The van der Waals surface area contributed by atoms with Gasteiger partial charge in [0.2, 0.25) is 0 Å². The molecule has 0 radical (unpaired) electrons. The average molecular weight is 925 g/mol. The maximum Gasteiger partial charge on any atom is 0.416 e. The lowest BCUT2D eigenvalue weighted by molar-refractivity contribution is -0.144. The van der Waals surface area contributed by atoms with Gasteiger partial charge in [-0.2, -0.15) is 76.2 Å². The fourth-order valence-corrected chi connectivity index (χ4v) is 10.4. The second-order valence-corrected chi connectivity index (χ2v) is 20.3. The summed E-state index contributed by atoms with van der Waals surface area (Å²) in [5.74, 6) is -0.622. The van der Waals surface area contributed by atoms with Crippen LogP contribution in [0.1, 0.15) is 125 Å². The van der Waals surface area contributed by atoms with E-state index in [0.29, 0.717) is 59.4 Å². The number of alkyl halides is 12. The van der Waals surface area contributed by atoms with Crippen LogP contribution >= 0.6 is 23.5 Å². The van der Waals surface area contributed by atoms with Gasteiger partial charge < -0.3 is 10.2 Å². The number of phenolic OH excluding ortho intramolecular Hbond substituents is 2. The van der Waals surface area contributed by atoms with Crippen LogP contribution in [-0.4, -0.2) is 20.7 Å². The Balaban J connectivity index is 1.52. The van der Waals surface area contributed by atoms with E-state index >= 15 is 0 Å². The molecule has 1 aliphatic carbocycles. The molecular formula is C46H48F12O2S2. The Bertz CT molecular complexity index is 2000. The Hall–Kier alpha value is -3.66. The predicted octanol–water partition coefficient (Wildman–Crippen LogP) is 16.4. The van der Waals surface area contributed by atoms with Gasteiger partial charge in [0.05, 0.1) is 22.3 Å². The van der Waals surface area contributed by atoms with Crippen LogP contribution in [0.3, 0.4) is 0 Å². The Labute approximate surface area is 361 Å². The zero-order chi connectivity index (χ0) is 46.4. The largest absolute Gasteiger partial charge is 0.507 e. The highest BCUT2D eigenvalue weighted by Crippen LogP contribution is 2.47. The summed E-state index contributed by atoms with van der Waals surface area (Å²) in [6.07, 6.45) is -15.4. The summed E-state index contributed by atoms with van der Waals surface area (Å²) in [6.45, 7) is 11.0. The van der Waals surface area contributed by atoms with Crippen LogP contribution in [0.2, 0.25) is 0 Å². The first-order valence-electron chi connectivity index (χ1n) is 19.9. The van der Waals surface area contributed by atoms with E-state index in [1.165, 1.54) is 35.7 Å². The molecule has 16 heteroatoms. The van der Waals surface area contributed by atoms with Crippen molar-refractivity contribution >= 4 is 23.5 Å². The highest BCUT2D eigenvalue weighted by atomic mass is 32.2. The number of thioether (sulfide) groups is 2. The van der Waals surface area contributed by atoms with Crippen molar-refractivity contribution in [3.8, 4) is 33.8 Å². The standard InChI is InChI=1S/C46H48F12O2S2/c1-41(2,3)29-17-27(39(59)35(21-29)25-13-31(43(47,48)49)19-32(14-25)44(50,51)52)23-61-37-11-9-7-8-10-12-38(37)62-24-28-18-30(42(4,5)6)22-36(40(28)60)26-15-33(45(53,54)55)20-34(16-26)46(56,57)58/h13-22,37-38,59-60H,7-12,23-24H2,1-6H3. The lowest BCUT2D eigenvalue weighted by Crippen LogP contribution is -2.22. The van der Waals surface area contributed by atoms with Crippen molar-refractivity contribution in [1.29, 1.82) is 0 Å². The summed E-state index contributed by atoms with van der Waals surface area (Å²) < 4.78 is 166. The molecule has 0 aromatic heterocycles. The molecule has 0 aliphatic heterocycles. The summed E-state index contributed by atoms with van der Waals surface area (Å²) >= 11 is 2.94. The minimum atomic E-state index is -5.10. The summed E-state index contributed by atoms with van der Waals surface area (Å²) in [6, 6.07) is 8.64. The van der Waals surface area contributed by atoms with Gasteiger partial charge in [-0.15, -0.1) is 0 Å². The number of aromatic hydroxyl groups is 2. The van der Waals surface area contributed by atoms with E-state index in [1.54, 1.807) is 12.1 Å². The van der Waals surface area contributed by atoms with Gasteiger partial charge in [-0.3, -0.25) is 0 Å². The molecule has 340 valence electrons. The molecule has 0 spiro atoms. The van der Waals surface area contributed by atoms with Crippen LogP contribution in [0.4, 0.5) is 52.7 Å². The molecule has 4 aromatic carbocycles. The van der Waals surface area contributed by atoms with Crippen LogP contribution in [0.15, 0.2) is 60.7 Å². The van der Waals surface area contributed by atoms with E-state index in [-0.39, 0.29) is 45.3 Å². The lowest BCUT2D eigenvalue weighted by Gasteiger charge is -2.30. The van der Waals surface area contributed by atoms with Gasteiger partial charge in [0.1, 0.15) is 11.5 Å². The Morgan fingerprint density at radius 1 is 0.419 bits per heavy atom. The zero-order valence-electron chi connectivity index (χ0n) is 34.8. The summed E-state index contributed by atoms with van der Waals surface area (Å²) in [5, 5.41) is 23.0. The van der Waals surface area contributed by atoms with Crippen LogP contribution < -0.4 is 0 Å². The third-order valence-corrected chi connectivity index (χ3v) is 14.1. The van der Waals surface area contributed by atoms with E-state index < -0.39 is 80.4 Å². The van der Waals surface area contributed by atoms with Crippen molar-refractivity contribution in [1.82, 2.24) is 0 Å². The second-order valence-electron chi connectivity index (χ2n) is 17.8. The molecular weight excluding hydrogens is 877 g/mol. The molecule has 0 heterocycles. The van der Waals surface area contributed by atoms with Crippen molar-refractivity contribution in [3.05, 3.63) is 105 Å². The normalized spacial score (nSPS) is 17.5. The summed E-state index contributed by atoms with van der Waals surface area (Å²) in [5.41, 5.74) is -6.78. The number of hydrogen-bond donors (Lipinski definition) is 2. The Morgan fingerprint density at radius 3 is 0.968 bits per heavy atom. The second kappa shape index (κ2) is 18.1. The molecule has 2 N–H and O–H groups in total. The van der Waals surface area contributed by atoms with E-state index in [9.17, 15) is 62.9 Å². The number of hydrogen-bond acceptors (Lipinski definition) is 4. The first-order chi connectivity index (χ1) is 28.3. The first kappa shape index (κ1) is 49.4. The minimum Gasteiger partial charge on any atom is -0.507 e. The maximum absolute atomic E-state index is 13.9. The Morgan fingerprint density at radius 2 is 0.710 bits per heavy atom. The molecule has 1 fully saturated rings. The van der Waals surface area contributed by atoms with Crippen LogP contribution in [-0.2, 0) is 47.0 Å². The molecule has 4 aromatic rings. The smallest absolute Gasteiger partial charge is 0.416 e. The highest BCUT2D eigenvalue weighted by molar-refractivity contribution is 8.03. The molecule has 62 heavy (non-hydrogen) atoms. The molecule has 2 atom stereocenters. The topological polar surface area (TPSA) is 40.5 Å². The third-order valence-electron chi connectivity index (χ3n) is 11.0. The van der Waals surface area contributed by atoms with Crippen molar-refractivity contribution in [3.63, 3.8) is 0 Å². The van der Waals surface area contributed by atoms with Gasteiger partial charge in [-0.05, 0) is 94.5 Å². The molecule has 2 unspecified atom stereocenters. The van der Waals surface area contributed by atoms with E-state index in [2.05, 4.69) is 0 Å². The molecule has 5 rings (SSSR count). The Kier molecular flexibility index (Phi) is 14.4. The number of phenols is 2. The molecule has 0 saturated heterocycles. The summed E-state index contributed by atoms with van der Waals surface area (Å²) in [7, 11) is 0. The number of benzene rings is 4. The third kappa shape index (κ3) is 12.1. The van der Waals surface area contributed by atoms with Gasteiger partial charge in [0.15, 0.2) is 0 Å². The van der Waals surface area contributed by atoms with E-state index in [0.717, 1.165) is 25.7 Å². The van der Waals surface area contributed by atoms with Gasteiger partial charge >= 0.3 is 24.7 Å². The van der Waals surface area contributed by atoms with E-state index in [4.69, 9.17) is 0 Å². The van der Waals surface area contributed by atoms with Gasteiger partial charge in [0, 0.05) is 44.3 Å². The minimum absolute atomic E-state index is 0.0340. The molecule has 2 nitrogen and oxygen atoms in total. The fraction of sp³-hybridized carbons (Fsp3) is 0.478. The summed E-state index contributed by atoms with van der Waals surface area (Å²) in [4.78, 5) is 0. The van der Waals surface area contributed by atoms with Crippen LogP contribution in [0.5, 0.6) is 11.5 Å². The number of rotatable bonds is 8. The van der Waals surface area contributed by atoms with Crippen molar-refractivity contribution in [2.45, 2.75) is 138 Å². The highest BCUT2D eigenvalue weighted by Gasteiger charge is 2.39.